The highest BCUT2D eigenvalue weighted by molar-refractivity contribution is 6.30. The first-order valence-corrected chi connectivity index (χ1v) is 8.01. The molecule has 7 nitrogen and oxygen atoms in total. The maximum atomic E-state index is 13.2. The highest BCUT2D eigenvalue weighted by atomic mass is 35.5. The predicted octanol–water partition coefficient (Wildman–Crippen LogP) is 2.90. The summed E-state index contributed by atoms with van der Waals surface area (Å²) in [6, 6.07) is 4.44. The summed E-state index contributed by atoms with van der Waals surface area (Å²) in [5.41, 5.74) is 1.85. The van der Waals surface area contributed by atoms with Crippen molar-refractivity contribution in [1.82, 2.24) is 25.5 Å². The molecule has 9 heteroatoms. The van der Waals surface area contributed by atoms with Crippen LogP contribution in [0.2, 0.25) is 5.02 Å². The van der Waals surface area contributed by atoms with Gasteiger partial charge in [-0.2, -0.15) is 5.10 Å². The SMILES string of the molecule is CC(C)Nc1n[nH]c2c(C(=O)NCc3ccc(F)c(Cl)c3)ncnc12. The molecule has 0 aliphatic rings. The summed E-state index contributed by atoms with van der Waals surface area (Å²) >= 11 is 5.74. The van der Waals surface area contributed by atoms with E-state index in [1.54, 1.807) is 6.07 Å². The smallest absolute Gasteiger partial charge is 0.272 e. The Hall–Kier alpha value is -2.74. The molecule has 130 valence electrons. The topological polar surface area (TPSA) is 95.6 Å². The first-order valence-electron chi connectivity index (χ1n) is 7.63. The quantitative estimate of drug-likeness (QED) is 0.648. The van der Waals surface area contributed by atoms with Crippen LogP contribution in [-0.2, 0) is 6.54 Å². The Morgan fingerprint density at radius 3 is 2.88 bits per heavy atom. The van der Waals surface area contributed by atoms with Gasteiger partial charge in [-0.15, -0.1) is 0 Å². The molecule has 0 saturated carbocycles. The van der Waals surface area contributed by atoms with Crippen LogP contribution in [0.15, 0.2) is 24.5 Å². The minimum Gasteiger partial charge on any atom is -0.365 e. The summed E-state index contributed by atoms with van der Waals surface area (Å²) in [7, 11) is 0. The predicted molar refractivity (Wildman–Crippen MR) is 93.0 cm³/mol. The van der Waals surface area contributed by atoms with E-state index in [1.165, 1.54) is 18.5 Å². The van der Waals surface area contributed by atoms with Crippen molar-refractivity contribution in [3.05, 3.63) is 46.6 Å². The van der Waals surface area contributed by atoms with Crippen molar-refractivity contribution in [2.45, 2.75) is 26.4 Å². The number of benzene rings is 1. The maximum absolute atomic E-state index is 13.2. The van der Waals surface area contributed by atoms with Gasteiger partial charge in [0.1, 0.15) is 23.2 Å². The minimum absolute atomic E-state index is 0.00847. The number of fused-ring (bicyclic) bond motifs is 1. The van der Waals surface area contributed by atoms with Gasteiger partial charge in [0, 0.05) is 12.6 Å². The van der Waals surface area contributed by atoms with Crippen molar-refractivity contribution in [3.63, 3.8) is 0 Å². The third-order valence-corrected chi connectivity index (χ3v) is 3.72. The molecule has 0 aliphatic carbocycles. The number of nitrogens with one attached hydrogen (secondary N) is 3. The summed E-state index contributed by atoms with van der Waals surface area (Å²) in [6.07, 6.45) is 1.31. The number of carbonyl (C=O) groups is 1. The van der Waals surface area contributed by atoms with E-state index >= 15 is 0 Å². The van der Waals surface area contributed by atoms with Crippen LogP contribution in [-0.4, -0.2) is 32.1 Å². The number of amides is 1. The number of rotatable bonds is 5. The van der Waals surface area contributed by atoms with Crippen LogP contribution in [0.1, 0.15) is 29.9 Å². The zero-order valence-electron chi connectivity index (χ0n) is 13.6. The fourth-order valence-electron chi connectivity index (χ4n) is 2.30. The number of aromatic amines is 1. The fourth-order valence-corrected chi connectivity index (χ4v) is 2.50. The third-order valence-electron chi connectivity index (χ3n) is 3.43. The Morgan fingerprint density at radius 2 is 2.16 bits per heavy atom. The van der Waals surface area contributed by atoms with E-state index in [-0.39, 0.29) is 23.3 Å². The van der Waals surface area contributed by atoms with Crippen molar-refractivity contribution in [1.29, 1.82) is 0 Å². The lowest BCUT2D eigenvalue weighted by Crippen LogP contribution is -2.24. The van der Waals surface area contributed by atoms with E-state index in [4.69, 9.17) is 11.6 Å². The van der Waals surface area contributed by atoms with Gasteiger partial charge in [0.2, 0.25) is 0 Å². The van der Waals surface area contributed by atoms with Crippen LogP contribution in [0.3, 0.4) is 0 Å². The zero-order valence-corrected chi connectivity index (χ0v) is 14.4. The largest absolute Gasteiger partial charge is 0.365 e. The van der Waals surface area contributed by atoms with Gasteiger partial charge >= 0.3 is 0 Å². The first-order chi connectivity index (χ1) is 12.0. The molecule has 0 fully saturated rings. The van der Waals surface area contributed by atoms with Gasteiger partial charge in [0.15, 0.2) is 11.5 Å². The van der Waals surface area contributed by atoms with Gasteiger partial charge in [-0.25, -0.2) is 14.4 Å². The lowest BCUT2D eigenvalue weighted by molar-refractivity contribution is 0.0947. The summed E-state index contributed by atoms with van der Waals surface area (Å²) in [5.74, 6) is -0.337. The summed E-state index contributed by atoms with van der Waals surface area (Å²) in [6.45, 7) is 4.14. The molecule has 2 heterocycles. The van der Waals surface area contributed by atoms with Gasteiger partial charge in [0.25, 0.3) is 5.91 Å². The molecule has 0 aliphatic heterocycles. The second-order valence-corrected chi connectivity index (χ2v) is 6.16. The van der Waals surface area contributed by atoms with Gasteiger partial charge < -0.3 is 10.6 Å². The molecule has 3 aromatic rings. The molecular weight excluding hydrogens is 347 g/mol. The van der Waals surface area contributed by atoms with E-state index in [0.29, 0.717) is 22.4 Å². The molecule has 25 heavy (non-hydrogen) atoms. The molecule has 0 saturated heterocycles. The van der Waals surface area contributed by atoms with Crippen molar-refractivity contribution < 1.29 is 9.18 Å². The molecule has 1 aromatic carbocycles. The van der Waals surface area contributed by atoms with E-state index in [2.05, 4.69) is 30.8 Å². The van der Waals surface area contributed by atoms with Crippen LogP contribution < -0.4 is 10.6 Å². The van der Waals surface area contributed by atoms with Crippen LogP contribution in [0, 0.1) is 5.82 Å². The van der Waals surface area contributed by atoms with Crippen molar-refractivity contribution in [3.8, 4) is 0 Å². The first kappa shape index (κ1) is 17.1. The number of hydrogen-bond acceptors (Lipinski definition) is 5. The van der Waals surface area contributed by atoms with Crippen LogP contribution >= 0.6 is 11.6 Å². The Bertz CT molecular complexity index is 926. The number of halogens is 2. The number of H-pyrrole nitrogens is 1. The molecule has 0 spiro atoms. The van der Waals surface area contributed by atoms with Crippen LogP contribution in [0.4, 0.5) is 10.2 Å². The molecular formula is C16H16ClFN6O. The van der Waals surface area contributed by atoms with E-state index in [0.717, 1.165) is 0 Å². The average molecular weight is 363 g/mol. The molecule has 1 amide bonds. The van der Waals surface area contributed by atoms with E-state index < -0.39 is 11.7 Å². The molecule has 0 radical (unpaired) electrons. The van der Waals surface area contributed by atoms with Gasteiger partial charge in [-0.3, -0.25) is 9.89 Å². The summed E-state index contributed by atoms with van der Waals surface area (Å²) in [4.78, 5) is 20.6. The standard InChI is InChI=1S/C16H16ClFN6O/c1-8(2)22-15-13-12(23-24-15)14(21-7-20-13)16(25)19-6-9-3-4-11(18)10(17)5-9/h3-5,7-8H,6H2,1-2H3,(H,19,25)(H2,22,23,24). The highest BCUT2D eigenvalue weighted by Gasteiger charge is 2.17. The zero-order chi connectivity index (χ0) is 18.0. The molecule has 0 atom stereocenters. The molecule has 3 rings (SSSR count). The van der Waals surface area contributed by atoms with Crippen molar-refractivity contribution in [2.24, 2.45) is 0 Å². The lowest BCUT2D eigenvalue weighted by Gasteiger charge is -2.07. The number of hydrogen-bond donors (Lipinski definition) is 3. The second kappa shape index (κ2) is 7.02. The summed E-state index contributed by atoms with van der Waals surface area (Å²) in [5, 5.41) is 12.8. The average Bonchev–Trinajstić information content (AvgIpc) is 2.98. The van der Waals surface area contributed by atoms with Gasteiger partial charge in [0.05, 0.1) is 5.02 Å². The normalized spacial score (nSPS) is 11.1. The Balaban J connectivity index is 1.80. The Kier molecular flexibility index (Phi) is 4.80. The maximum Gasteiger partial charge on any atom is 0.272 e. The lowest BCUT2D eigenvalue weighted by atomic mass is 10.2. The number of nitrogens with zero attached hydrogens (tertiary/aromatic N) is 3. The fraction of sp³-hybridized carbons (Fsp3) is 0.250. The number of aromatic nitrogens is 4. The molecule has 0 bridgehead atoms. The molecule has 0 unspecified atom stereocenters. The van der Waals surface area contributed by atoms with Crippen molar-refractivity contribution in [2.75, 3.05) is 5.32 Å². The van der Waals surface area contributed by atoms with Gasteiger partial charge in [-0.05, 0) is 31.5 Å². The van der Waals surface area contributed by atoms with Crippen LogP contribution in [0.25, 0.3) is 11.0 Å². The Morgan fingerprint density at radius 1 is 1.36 bits per heavy atom. The molecule has 2 aromatic heterocycles. The Labute approximate surface area is 148 Å². The van der Waals surface area contributed by atoms with Gasteiger partial charge in [-0.1, -0.05) is 17.7 Å². The van der Waals surface area contributed by atoms with E-state index in [9.17, 15) is 9.18 Å². The molecule has 3 N–H and O–H groups in total. The van der Waals surface area contributed by atoms with Crippen molar-refractivity contribution >= 4 is 34.4 Å². The summed E-state index contributed by atoms with van der Waals surface area (Å²) < 4.78 is 13.2. The second-order valence-electron chi connectivity index (χ2n) is 5.75. The van der Waals surface area contributed by atoms with E-state index in [1.807, 2.05) is 13.8 Å². The minimum atomic E-state index is -0.503. The monoisotopic (exact) mass is 362 g/mol. The number of anilines is 1. The van der Waals surface area contributed by atoms with Crippen LogP contribution in [0.5, 0.6) is 0 Å². The third kappa shape index (κ3) is 3.69. The number of carbonyl (C=O) groups excluding carboxylic acids is 1. The highest BCUT2D eigenvalue weighted by Crippen LogP contribution is 2.20.